The van der Waals surface area contributed by atoms with Crippen LogP contribution in [0.3, 0.4) is 0 Å². The molecule has 0 unspecified atom stereocenters. The molecule has 0 spiro atoms. The molecule has 1 amide bonds. The van der Waals surface area contributed by atoms with Crippen LogP contribution in [0.25, 0.3) is 11.0 Å². The van der Waals surface area contributed by atoms with Crippen LogP contribution in [0.2, 0.25) is 0 Å². The van der Waals surface area contributed by atoms with Gasteiger partial charge >= 0.3 is 0 Å². The van der Waals surface area contributed by atoms with Crippen LogP contribution >= 0.6 is 15.9 Å². The predicted octanol–water partition coefficient (Wildman–Crippen LogP) is 4.22. The standard InChI is InChI=1S/C20H25BrFN3O2/c1-13-4-6-16(7-5-13)24-19(26)17-11-14-10-15(21)12-23-18(14)25(20(17)27)9-3-2-8-22/h10-13,16H,2-9H2,1H3,(H,24,26). The SMILES string of the molecule is CC1CCC(NC(=O)c2cc3cc(Br)cnc3n(CCCCF)c2=O)CC1. The minimum Gasteiger partial charge on any atom is -0.349 e. The van der Waals surface area contributed by atoms with Crippen molar-refractivity contribution in [3.8, 4) is 0 Å². The highest BCUT2D eigenvalue weighted by molar-refractivity contribution is 9.10. The van der Waals surface area contributed by atoms with Crippen molar-refractivity contribution >= 4 is 32.9 Å². The Kier molecular flexibility index (Phi) is 6.63. The number of alkyl halides is 1. The van der Waals surface area contributed by atoms with E-state index >= 15 is 0 Å². The molecule has 0 aromatic carbocycles. The normalized spacial score (nSPS) is 20.0. The third-order valence-corrected chi connectivity index (χ3v) is 5.69. The molecule has 2 heterocycles. The molecule has 0 radical (unpaired) electrons. The molecule has 1 N–H and O–H groups in total. The summed E-state index contributed by atoms with van der Waals surface area (Å²) in [4.78, 5) is 30.1. The monoisotopic (exact) mass is 437 g/mol. The highest BCUT2D eigenvalue weighted by Gasteiger charge is 2.23. The lowest BCUT2D eigenvalue weighted by atomic mass is 9.87. The molecule has 1 aliphatic rings. The maximum atomic E-state index is 13.0. The molecular formula is C20H25BrFN3O2. The summed E-state index contributed by atoms with van der Waals surface area (Å²) in [6.45, 7) is 2.14. The Morgan fingerprint density at radius 3 is 2.74 bits per heavy atom. The Labute approximate surface area is 166 Å². The molecule has 1 aliphatic carbocycles. The molecule has 0 saturated heterocycles. The zero-order valence-electron chi connectivity index (χ0n) is 15.5. The van der Waals surface area contributed by atoms with Gasteiger partial charge in [0.05, 0.1) is 6.67 Å². The van der Waals surface area contributed by atoms with E-state index in [0.717, 1.165) is 30.2 Å². The van der Waals surface area contributed by atoms with Gasteiger partial charge in [-0.05, 0) is 72.5 Å². The number of halogens is 2. The molecule has 0 atom stereocenters. The highest BCUT2D eigenvalue weighted by atomic mass is 79.9. The summed E-state index contributed by atoms with van der Waals surface area (Å²) >= 11 is 3.39. The molecule has 5 nitrogen and oxygen atoms in total. The molecule has 2 aromatic rings. The lowest BCUT2D eigenvalue weighted by molar-refractivity contribution is 0.0921. The van der Waals surface area contributed by atoms with Gasteiger partial charge in [0.25, 0.3) is 11.5 Å². The Hall–Kier alpha value is -1.76. The average Bonchev–Trinajstić information content (AvgIpc) is 2.65. The summed E-state index contributed by atoms with van der Waals surface area (Å²) in [6.07, 6.45) is 6.59. The van der Waals surface area contributed by atoms with Gasteiger partial charge in [-0.15, -0.1) is 0 Å². The smallest absolute Gasteiger partial charge is 0.265 e. The average molecular weight is 438 g/mol. The minimum absolute atomic E-state index is 0.115. The number of fused-ring (bicyclic) bond motifs is 1. The van der Waals surface area contributed by atoms with Crippen LogP contribution in [0.1, 0.15) is 55.8 Å². The van der Waals surface area contributed by atoms with Gasteiger partial charge in [0.2, 0.25) is 0 Å². The molecule has 1 saturated carbocycles. The van der Waals surface area contributed by atoms with Crippen LogP contribution in [0.15, 0.2) is 27.6 Å². The summed E-state index contributed by atoms with van der Waals surface area (Å²) in [5.41, 5.74) is 0.282. The fourth-order valence-corrected chi connectivity index (χ4v) is 3.99. The van der Waals surface area contributed by atoms with Gasteiger partial charge in [0, 0.05) is 28.6 Å². The number of carbonyl (C=O) groups excluding carboxylic acids is 1. The number of rotatable bonds is 6. The van der Waals surface area contributed by atoms with E-state index in [-0.39, 0.29) is 23.1 Å². The van der Waals surface area contributed by atoms with Crippen molar-refractivity contribution in [2.45, 2.75) is 58.0 Å². The Balaban J connectivity index is 1.92. The molecular weight excluding hydrogens is 413 g/mol. The second-order valence-corrected chi connectivity index (χ2v) is 8.32. The third-order valence-electron chi connectivity index (χ3n) is 5.25. The summed E-state index contributed by atoms with van der Waals surface area (Å²) in [5, 5.41) is 3.74. The first-order valence-corrected chi connectivity index (χ1v) is 10.3. The lowest BCUT2D eigenvalue weighted by Crippen LogP contribution is -2.40. The van der Waals surface area contributed by atoms with Gasteiger partial charge in [-0.1, -0.05) is 6.92 Å². The van der Waals surface area contributed by atoms with Crippen LogP contribution in [0, 0.1) is 5.92 Å². The molecule has 27 heavy (non-hydrogen) atoms. The van der Waals surface area contributed by atoms with Crippen LogP contribution in [-0.2, 0) is 6.54 Å². The number of carbonyl (C=O) groups is 1. The minimum atomic E-state index is -0.425. The largest absolute Gasteiger partial charge is 0.349 e. The quantitative estimate of drug-likeness (QED) is 0.688. The van der Waals surface area contributed by atoms with E-state index in [9.17, 15) is 14.0 Å². The van der Waals surface area contributed by atoms with Crippen molar-refractivity contribution in [3.05, 3.63) is 38.7 Å². The summed E-state index contributed by atoms with van der Waals surface area (Å²) in [6, 6.07) is 3.57. The molecule has 0 bridgehead atoms. The maximum Gasteiger partial charge on any atom is 0.265 e. The van der Waals surface area contributed by atoms with Gasteiger partial charge in [0.15, 0.2) is 0 Å². The summed E-state index contributed by atoms with van der Waals surface area (Å²) in [7, 11) is 0. The number of unbranched alkanes of at least 4 members (excludes halogenated alkanes) is 1. The van der Waals surface area contributed by atoms with Crippen molar-refractivity contribution in [2.75, 3.05) is 6.67 Å². The Morgan fingerprint density at radius 2 is 2.04 bits per heavy atom. The van der Waals surface area contributed by atoms with Crippen LogP contribution in [0.5, 0.6) is 0 Å². The number of nitrogens with zero attached hydrogens (tertiary/aromatic N) is 2. The van der Waals surface area contributed by atoms with Gasteiger partial charge < -0.3 is 5.32 Å². The lowest BCUT2D eigenvalue weighted by Gasteiger charge is -2.27. The van der Waals surface area contributed by atoms with Gasteiger partial charge in [-0.2, -0.15) is 0 Å². The third kappa shape index (κ3) is 4.75. The summed E-state index contributed by atoms with van der Waals surface area (Å²) < 4.78 is 14.8. The number of hydrogen-bond acceptors (Lipinski definition) is 3. The van der Waals surface area contributed by atoms with Crippen molar-refractivity contribution in [2.24, 2.45) is 5.92 Å². The van der Waals surface area contributed by atoms with Crippen molar-refractivity contribution in [1.82, 2.24) is 14.9 Å². The van der Waals surface area contributed by atoms with E-state index in [4.69, 9.17) is 0 Å². The van der Waals surface area contributed by atoms with Crippen molar-refractivity contribution in [3.63, 3.8) is 0 Å². The van der Waals surface area contributed by atoms with Gasteiger partial charge in [-0.25, -0.2) is 4.98 Å². The van der Waals surface area contributed by atoms with Gasteiger partial charge in [0.1, 0.15) is 11.2 Å². The predicted molar refractivity (Wildman–Crippen MR) is 108 cm³/mol. The van der Waals surface area contributed by atoms with Gasteiger partial charge in [-0.3, -0.25) is 18.5 Å². The fourth-order valence-electron chi connectivity index (χ4n) is 3.64. The summed E-state index contributed by atoms with van der Waals surface area (Å²) in [5.74, 6) is 0.357. The number of pyridine rings is 2. The van der Waals surface area contributed by atoms with E-state index in [2.05, 4.69) is 33.2 Å². The number of hydrogen-bond donors (Lipinski definition) is 1. The molecule has 2 aromatic heterocycles. The molecule has 3 rings (SSSR count). The van der Waals surface area contributed by atoms with E-state index in [1.165, 1.54) is 4.57 Å². The van der Waals surface area contributed by atoms with Crippen molar-refractivity contribution in [1.29, 1.82) is 0 Å². The van der Waals surface area contributed by atoms with E-state index in [1.807, 2.05) is 6.07 Å². The van der Waals surface area contributed by atoms with E-state index in [1.54, 1.807) is 12.3 Å². The number of aryl methyl sites for hydroxylation is 1. The highest BCUT2D eigenvalue weighted by Crippen LogP contribution is 2.24. The zero-order valence-corrected chi connectivity index (χ0v) is 17.1. The van der Waals surface area contributed by atoms with Crippen molar-refractivity contribution < 1.29 is 9.18 Å². The molecule has 0 aliphatic heterocycles. The fraction of sp³-hybridized carbons (Fsp3) is 0.550. The first-order valence-electron chi connectivity index (χ1n) is 9.55. The number of amides is 1. The Bertz CT molecular complexity index is 875. The van der Waals surface area contributed by atoms with E-state index < -0.39 is 6.67 Å². The second kappa shape index (κ2) is 8.95. The van der Waals surface area contributed by atoms with Crippen LogP contribution in [-0.4, -0.2) is 28.2 Å². The first-order chi connectivity index (χ1) is 13.0. The topological polar surface area (TPSA) is 64.0 Å². The first kappa shape index (κ1) is 20.0. The van der Waals surface area contributed by atoms with Crippen LogP contribution < -0.4 is 10.9 Å². The Morgan fingerprint density at radius 1 is 1.30 bits per heavy atom. The number of aromatic nitrogens is 2. The second-order valence-electron chi connectivity index (χ2n) is 7.41. The number of nitrogens with one attached hydrogen (secondary N) is 1. The molecule has 1 fully saturated rings. The van der Waals surface area contributed by atoms with Crippen LogP contribution in [0.4, 0.5) is 4.39 Å². The molecule has 146 valence electrons. The zero-order chi connectivity index (χ0) is 19.4. The maximum absolute atomic E-state index is 13.0. The van der Waals surface area contributed by atoms with E-state index in [0.29, 0.717) is 36.3 Å². The molecule has 7 heteroatoms.